The molecule has 18 heavy (non-hydrogen) atoms. The molecule has 106 valence electrons. The van der Waals surface area contributed by atoms with Crippen molar-refractivity contribution in [3.8, 4) is 0 Å². The third-order valence-corrected chi connectivity index (χ3v) is 3.85. The molecular formula is C15H30N2O. The third-order valence-electron chi connectivity index (χ3n) is 3.85. The van der Waals surface area contributed by atoms with E-state index in [2.05, 4.69) is 31.0 Å². The van der Waals surface area contributed by atoms with E-state index in [9.17, 15) is 4.79 Å². The molecule has 0 aromatic rings. The van der Waals surface area contributed by atoms with Crippen LogP contribution in [0.2, 0.25) is 0 Å². The normalized spacial score (nSPS) is 23.9. The number of nitrogens with one attached hydrogen (secondary N) is 1. The van der Waals surface area contributed by atoms with Gasteiger partial charge in [-0.1, -0.05) is 26.7 Å². The van der Waals surface area contributed by atoms with Gasteiger partial charge in [0.25, 0.3) is 0 Å². The molecule has 0 bridgehead atoms. The molecule has 0 aromatic heterocycles. The third kappa shape index (κ3) is 4.97. The van der Waals surface area contributed by atoms with Crippen LogP contribution in [0, 0.1) is 5.92 Å². The first-order valence-corrected chi connectivity index (χ1v) is 7.71. The maximum absolute atomic E-state index is 12.6. The van der Waals surface area contributed by atoms with Crippen LogP contribution in [-0.4, -0.2) is 36.5 Å². The van der Waals surface area contributed by atoms with Gasteiger partial charge in [0.2, 0.25) is 5.91 Å². The molecular weight excluding hydrogens is 224 g/mol. The molecule has 1 heterocycles. The van der Waals surface area contributed by atoms with E-state index in [1.54, 1.807) is 0 Å². The highest BCUT2D eigenvalue weighted by molar-refractivity contribution is 5.79. The Bertz CT molecular complexity index is 235. The van der Waals surface area contributed by atoms with Gasteiger partial charge in [-0.05, 0) is 39.2 Å². The summed E-state index contributed by atoms with van der Waals surface area (Å²) >= 11 is 0. The fourth-order valence-corrected chi connectivity index (χ4v) is 2.64. The minimum atomic E-state index is 0.259. The van der Waals surface area contributed by atoms with Gasteiger partial charge in [0.05, 0.1) is 0 Å². The standard InChI is InChI=1S/C15H30N2O/c1-4-6-10-17(11-7-5-2)15(18)14-8-9-16-13(3)12-14/h13-14,16H,4-12H2,1-3H3. The monoisotopic (exact) mass is 254 g/mol. The zero-order valence-electron chi connectivity index (χ0n) is 12.4. The van der Waals surface area contributed by atoms with Gasteiger partial charge in [-0.25, -0.2) is 0 Å². The minimum Gasteiger partial charge on any atom is -0.342 e. The van der Waals surface area contributed by atoms with Gasteiger partial charge in [0, 0.05) is 25.0 Å². The zero-order chi connectivity index (χ0) is 13.4. The number of carbonyl (C=O) groups excluding carboxylic acids is 1. The number of piperidine rings is 1. The highest BCUT2D eigenvalue weighted by atomic mass is 16.2. The molecule has 1 saturated heterocycles. The Morgan fingerprint density at radius 2 is 1.83 bits per heavy atom. The molecule has 0 aromatic carbocycles. The Morgan fingerprint density at radius 1 is 1.22 bits per heavy atom. The van der Waals surface area contributed by atoms with Crippen molar-refractivity contribution in [3.63, 3.8) is 0 Å². The predicted octanol–water partition coefficient (Wildman–Crippen LogP) is 2.80. The van der Waals surface area contributed by atoms with E-state index in [1.807, 2.05) is 0 Å². The van der Waals surface area contributed by atoms with Gasteiger partial charge in [-0.3, -0.25) is 4.79 Å². The summed E-state index contributed by atoms with van der Waals surface area (Å²) in [7, 11) is 0. The Labute approximate surface area is 112 Å². The predicted molar refractivity (Wildman–Crippen MR) is 76.6 cm³/mol. The molecule has 1 N–H and O–H groups in total. The smallest absolute Gasteiger partial charge is 0.225 e. The fourth-order valence-electron chi connectivity index (χ4n) is 2.64. The molecule has 1 aliphatic rings. The van der Waals surface area contributed by atoms with Crippen LogP contribution in [0.25, 0.3) is 0 Å². The first-order valence-electron chi connectivity index (χ1n) is 7.71. The zero-order valence-corrected chi connectivity index (χ0v) is 12.4. The Morgan fingerprint density at radius 3 is 2.33 bits per heavy atom. The number of rotatable bonds is 7. The van der Waals surface area contributed by atoms with E-state index in [-0.39, 0.29) is 5.92 Å². The van der Waals surface area contributed by atoms with E-state index in [1.165, 1.54) is 12.8 Å². The lowest BCUT2D eigenvalue weighted by Crippen LogP contribution is -2.44. The largest absolute Gasteiger partial charge is 0.342 e. The summed E-state index contributed by atoms with van der Waals surface area (Å²) < 4.78 is 0. The van der Waals surface area contributed by atoms with Crippen LogP contribution in [0.4, 0.5) is 0 Å². The number of hydrogen-bond acceptors (Lipinski definition) is 2. The van der Waals surface area contributed by atoms with Crippen LogP contribution in [0.3, 0.4) is 0 Å². The molecule has 1 rings (SSSR count). The lowest BCUT2D eigenvalue weighted by atomic mass is 9.92. The van der Waals surface area contributed by atoms with Crippen LogP contribution in [0.15, 0.2) is 0 Å². The average molecular weight is 254 g/mol. The van der Waals surface area contributed by atoms with E-state index < -0.39 is 0 Å². The van der Waals surface area contributed by atoms with Crippen molar-refractivity contribution in [1.82, 2.24) is 10.2 Å². The summed E-state index contributed by atoms with van der Waals surface area (Å²) in [4.78, 5) is 14.7. The van der Waals surface area contributed by atoms with Crippen molar-refractivity contribution >= 4 is 5.91 Å². The first-order chi connectivity index (χ1) is 8.69. The van der Waals surface area contributed by atoms with Crippen LogP contribution < -0.4 is 5.32 Å². The van der Waals surface area contributed by atoms with Gasteiger partial charge in [0.1, 0.15) is 0 Å². The summed E-state index contributed by atoms with van der Waals surface area (Å²) in [6, 6.07) is 0.493. The maximum Gasteiger partial charge on any atom is 0.225 e. The minimum absolute atomic E-state index is 0.259. The summed E-state index contributed by atoms with van der Waals surface area (Å²) in [5, 5.41) is 3.42. The second-order valence-corrected chi connectivity index (χ2v) is 5.61. The van der Waals surface area contributed by atoms with Crippen LogP contribution in [-0.2, 0) is 4.79 Å². The molecule has 1 amide bonds. The summed E-state index contributed by atoms with van der Waals surface area (Å²) in [5.41, 5.74) is 0. The lowest BCUT2D eigenvalue weighted by Gasteiger charge is -2.32. The van der Waals surface area contributed by atoms with Crippen molar-refractivity contribution in [2.45, 2.75) is 65.3 Å². The van der Waals surface area contributed by atoms with Gasteiger partial charge in [-0.15, -0.1) is 0 Å². The average Bonchev–Trinajstić information content (AvgIpc) is 2.38. The summed E-state index contributed by atoms with van der Waals surface area (Å²) in [5.74, 6) is 0.667. The van der Waals surface area contributed by atoms with Crippen LogP contribution >= 0.6 is 0 Å². The van der Waals surface area contributed by atoms with Crippen molar-refractivity contribution < 1.29 is 4.79 Å². The van der Waals surface area contributed by atoms with E-state index >= 15 is 0 Å². The summed E-state index contributed by atoms with van der Waals surface area (Å²) in [6.07, 6.45) is 6.62. The quantitative estimate of drug-likeness (QED) is 0.757. The molecule has 0 saturated carbocycles. The highest BCUT2D eigenvalue weighted by Gasteiger charge is 2.27. The van der Waals surface area contributed by atoms with Crippen molar-refractivity contribution in [3.05, 3.63) is 0 Å². The van der Waals surface area contributed by atoms with E-state index in [0.29, 0.717) is 11.9 Å². The maximum atomic E-state index is 12.6. The molecule has 1 fully saturated rings. The van der Waals surface area contributed by atoms with Crippen LogP contribution in [0.1, 0.15) is 59.3 Å². The fraction of sp³-hybridized carbons (Fsp3) is 0.933. The number of nitrogens with zero attached hydrogens (tertiary/aromatic N) is 1. The molecule has 2 unspecified atom stereocenters. The van der Waals surface area contributed by atoms with Crippen molar-refractivity contribution in [1.29, 1.82) is 0 Å². The molecule has 0 spiro atoms. The number of carbonyl (C=O) groups is 1. The van der Waals surface area contributed by atoms with Crippen molar-refractivity contribution in [2.24, 2.45) is 5.92 Å². The van der Waals surface area contributed by atoms with Crippen LogP contribution in [0.5, 0.6) is 0 Å². The van der Waals surface area contributed by atoms with Crippen molar-refractivity contribution in [2.75, 3.05) is 19.6 Å². The molecule has 2 atom stereocenters. The summed E-state index contributed by atoms with van der Waals surface area (Å²) in [6.45, 7) is 9.46. The second kappa shape index (κ2) is 8.52. The molecule has 0 radical (unpaired) electrons. The Balaban J connectivity index is 2.50. The molecule has 3 nitrogen and oxygen atoms in total. The van der Waals surface area contributed by atoms with Gasteiger partial charge in [0.15, 0.2) is 0 Å². The molecule has 1 aliphatic heterocycles. The Kier molecular flexibility index (Phi) is 7.33. The molecule has 0 aliphatic carbocycles. The number of hydrogen-bond donors (Lipinski definition) is 1. The van der Waals surface area contributed by atoms with Gasteiger partial charge in [-0.2, -0.15) is 0 Å². The second-order valence-electron chi connectivity index (χ2n) is 5.61. The Hall–Kier alpha value is -0.570. The first kappa shape index (κ1) is 15.5. The topological polar surface area (TPSA) is 32.3 Å². The van der Waals surface area contributed by atoms with Gasteiger partial charge >= 0.3 is 0 Å². The SMILES string of the molecule is CCCCN(CCCC)C(=O)C1CCNC(C)C1. The molecule has 3 heteroatoms. The number of amides is 1. The number of unbranched alkanes of at least 4 members (excludes halogenated alkanes) is 2. The van der Waals surface area contributed by atoms with Gasteiger partial charge < -0.3 is 10.2 Å². The van der Waals surface area contributed by atoms with E-state index in [4.69, 9.17) is 0 Å². The highest BCUT2D eigenvalue weighted by Crippen LogP contribution is 2.19. The lowest BCUT2D eigenvalue weighted by molar-refractivity contribution is -0.136. The van der Waals surface area contributed by atoms with E-state index in [0.717, 1.165) is 45.3 Å².